The fourth-order valence-electron chi connectivity index (χ4n) is 2.01. The molecule has 0 atom stereocenters. The number of carbonyl (C=O) groups excluding carboxylic acids is 2. The molecule has 0 fully saturated rings. The maximum atomic E-state index is 12.2. The minimum atomic E-state index is -0.528. The van der Waals surface area contributed by atoms with Crippen LogP contribution in [0.15, 0.2) is 42.5 Å². The summed E-state index contributed by atoms with van der Waals surface area (Å²) in [5, 5.41) is 13.1. The van der Waals surface area contributed by atoms with Crippen molar-refractivity contribution in [3.8, 4) is 16.9 Å². The number of carbonyl (C=O) groups is 2. The van der Waals surface area contributed by atoms with Crippen LogP contribution in [-0.2, 0) is 4.79 Å². The van der Waals surface area contributed by atoms with Crippen LogP contribution in [0.3, 0.4) is 0 Å². The van der Waals surface area contributed by atoms with Crippen molar-refractivity contribution in [2.45, 2.75) is 20.8 Å². The van der Waals surface area contributed by atoms with Crippen LogP contribution in [-0.4, -0.2) is 17.3 Å². The molecule has 0 aromatic heterocycles. The standard InChI is InChI=1S/C18H19NO3/c1-18(2,3)17(22)19-15-10-5-4-8-13(15)14-9-6-7-12(11-20)16(14)21/h4-11,21H,1-3H3,(H,19,22). The molecule has 0 spiro atoms. The number of aldehydes is 1. The molecule has 0 unspecified atom stereocenters. The predicted octanol–water partition coefficient (Wildman–Crippen LogP) is 3.86. The first kappa shape index (κ1) is 15.8. The fraction of sp³-hybridized carbons (Fsp3) is 0.222. The third-order valence-corrected chi connectivity index (χ3v) is 3.34. The molecular weight excluding hydrogens is 278 g/mol. The van der Waals surface area contributed by atoms with E-state index in [2.05, 4.69) is 5.32 Å². The van der Waals surface area contributed by atoms with E-state index in [-0.39, 0.29) is 17.2 Å². The maximum Gasteiger partial charge on any atom is 0.229 e. The number of para-hydroxylation sites is 2. The largest absolute Gasteiger partial charge is 0.507 e. The average molecular weight is 297 g/mol. The van der Waals surface area contributed by atoms with Gasteiger partial charge in [-0.3, -0.25) is 9.59 Å². The van der Waals surface area contributed by atoms with E-state index < -0.39 is 5.41 Å². The van der Waals surface area contributed by atoms with Crippen molar-refractivity contribution < 1.29 is 14.7 Å². The molecular formula is C18H19NO3. The molecule has 0 saturated carbocycles. The van der Waals surface area contributed by atoms with E-state index in [0.717, 1.165) is 0 Å². The second-order valence-corrected chi connectivity index (χ2v) is 6.11. The number of phenols is 1. The summed E-state index contributed by atoms with van der Waals surface area (Å²) >= 11 is 0. The van der Waals surface area contributed by atoms with Gasteiger partial charge in [0.1, 0.15) is 5.75 Å². The minimum absolute atomic E-state index is 0.0880. The Kier molecular flexibility index (Phi) is 4.31. The molecule has 1 amide bonds. The molecule has 0 heterocycles. The summed E-state index contributed by atoms with van der Waals surface area (Å²) in [7, 11) is 0. The van der Waals surface area contributed by atoms with E-state index in [1.54, 1.807) is 30.3 Å². The summed E-state index contributed by atoms with van der Waals surface area (Å²) in [6.07, 6.45) is 0.606. The van der Waals surface area contributed by atoms with Gasteiger partial charge >= 0.3 is 0 Å². The van der Waals surface area contributed by atoms with Crippen LogP contribution in [0.4, 0.5) is 5.69 Å². The van der Waals surface area contributed by atoms with E-state index in [4.69, 9.17) is 0 Å². The van der Waals surface area contributed by atoms with E-state index in [9.17, 15) is 14.7 Å². The smallest absolute Gasteiger partial charge is 0.229 e. The Balaban J connectivity index is 2.50. The Morgan fingerprint density at radius 1 is 1.05 bits per heavy atom. The lowest BCUT2D eigenvalue weighted by molar-refractivity contribution is -0.123. The Morgan fingerprint density at radius 2 is 1.68 bits per heavy atom. The van der Waals surface area contributed by atoms with E-state index >= 15 is 0 Å². The Hall–Kier alpha value is -2.62. The van der Waals surface area contributed by atoms with Crippen molar-refractivity contribution in [3.63, 3.8) is 0 Å². The molecule has 2 N–H and O–H groups in total. The van der Waals surface area contributed by atoms with Crippen molar-refractivity contribution in [2.24, 2.45) is 5.41 Å². The first-order valence-corrected chi connectivity index (χ1v) is 7.02. The second kappa shape index (κ2) is 6.02. The zero-order valence-electron chi connectivity index (χ0n) is 12.9. The number of anilines is 1. The van der Waals surface area contributed by atoms with Gasteiger partial charge in [0.05, 0.1) is 5.56 Å². The van der Waals surface area contributed by atoms with E-state index in [1.165, 1.54) is 0 Å². The summed E-state index contributed by atoms with van der Waals surface area (Å²) in [6, 6.07) is 12.1. The minimum Gasteiger partial charge on any atom is -0.507 e. The maximum absolute atomic E-state index is 12.2. The van der Waals surface area contributed by atoms with Gasteiger partial charge in [-0.1, -0.05) is 51.1 Å². The normalized spacial score (nSPS) is 11.0. The Labute approximate surface area is 129 Å². The lowest BCUT2D eigenvalue weighted by atomic mass is 9.94. The topological polar surface area (TPSA) is 66.4 Å². The number of amides is 1. The highest BCUT2D eigenvalue weighted by Crippen LogP contribution is 2.36. The summed E-state index contributed by atoms with van der Waals surface area (Å²) in [5.74, 6) is -0.207. The lowest BCUT2D eigenvalue weighted by Crippen LogP contribution is -2.27. The average Bonchev–Trinajstić information content (AvgIpc) is 2.47. The molecule has 0 aliphatic heterocycles. The molecule has 114 valence electrons. The molecule has 2 aromatic carbocycles. The van der Waals surface area contributed by atoms with E-state index in [0.29, 0.717) is 23.1 Å². The molecule has 2 rings (SSSR count). The SMILES string of the molecule is CC(C)(C)C(=O)Nc1ccccc1-c1cccc(C=O)c1O. The summed E-state index contributed by atoms with van der Waals surface area (Å²) in [6.45, 7) is 5.49. The van der Waals surface area contributed by atoms with Crippen molar-refractivity contribution in [3.05, 3.63) is 48.0 Å². The zero-order chi connectivity index (χ0) is 16.3. The summed E-state index contributed by atoms with van der Waals surface area (Å²) < 4.78 is 0. The first-order chi connectivity index (χ1) is 10.3. The van der Waals surface area contributed by atoms with Gasteiger partial charge in [0.25, 0.3) is 0 Å². The van der Waals surface area contributed by atoms with Gasteiger partial charge in [-0.15, -0.1) is 0 Å². The molecule has 4 nitrogen and oxygen atoms in total. The number of phenolic OH excluding ortho intramolecular Hbond substituents is 1. The van der Waals surface area contributed by atoms with Crippen molar-refractivity contribution in [1.82, 2.24) is 0 Å². The first-order valence-electron chi connectivity index (χ1n) is 7.02. The Bertz CT molecular complexity index is 715. The Morgan fingerprint density at radius 3 is 2.32 bits per heavy atom. The predicted molar refractivity (Wildman–Crippen MR) is 87.0 cm³/mol. The quantitative estimate of drug-likeness (QED) is 0.845. The monoisotopic (exact) mass is 297 g/mol. The fourth-order valence-corrected chi connectivity index (χ4v) is 2.01. The van der Waals surface area contributed by atoms with Gasteiger partial charge in [-0.05, 0) is 12.1 Å². The highest BCUT2D eigenvalue weighted by Gasteiger charge is 2.22. The van der Waals surface area contributed by atoms with Gasteiger partial charge < -0.3 is 10.4 Å². The molecule has 0 radical (unpaired) electrons. The summed E-state index contributed by atoms with van der Waals surface area (Å²) in [4.78, 5) is 23.2. The van der Waals surface area contributed by atoms with Crippen LogP contribution in [0, 0.1) is 5.41 Å². The number of hydrogen-bond acceptors (Lipinski definition) is 3. The van der Waals surface area contributed by atoms with Crippen molar-refractivity contribution in [1.29, 1.82) is 0 Å². The van der Waals surface area contributed by atoms with Gasteiger partial charge in [0.15, 0.2) is 6.29 Å². The van der Waals surface area contributed by atoms with Crippen molar-refractivity contribution >= 4 is 17.9 Å². The van der Waals surface area contributed by atoms with Crippen LogP contribution in [0.1, 0.15) is 31.1 Å². The number of aromatic hydroxyl groups is 1. The second-order valence-electron chi connectivity index (χ2n) is 6.11. The third kappa shape index (κ3) is 3.17. The number of nitrogens with one attached hydrogen (secondary N) is 1. The number of rotatable bonds is 3. The van der Waals surface area contributed by atoms with E-state index in [1.807, 2.05) is 32.9 Å². The van der Waals surface area contributed by atoms with Gasteiger partial charge in [-0.25, -0.2) is 0 Å². The number of benzene rings is 2. The molecule has 4 heteroatoms. The van der Waals surface area contributed by atoms with Crippen LogP contribution < -0.4 is 5.32 Å². The van der Waals surface area contributed by atoms with Crippen LogP contribution in [0.25, 0.3) is 11.1 Å². The lowest BCUT2D eigenvalue weighted by Gasteiger charge is -2.20. The van der Waals surface area contributed by atoms with Crippen LogP contribution >= 0.6 is 0 Å². The molecule has 0 aliphatic carbocycles. The molecule has 2 aromatic rings. The van der Waals surface area contributed by atoms with Crippen molar-refractivity contribution in [2.75, 3.05) is 5.32 Å². The molecule has 0 aliphatic rings. The van der Waals surface area contributed by atoms with Gasteiger partial charge in [0.2, 0.25) is 5.91 Å². The molecule has 0 bridgehead atoms. The van der Waals surface area contributed by atoms with Crippen LogP contribution in [0.5, 0.6) is 5.75 Å². The van der Waals surface area contributed by atoms with Gasteiger partial charge in [0, 0.05) is 22.2 Å². The highest BCUT2D eigenvalue weighted by atomic mass is 16.3. The molecule has 22 heavy (non-hydrogen) atoms. The highest BCUT2D eigenvalue weighted by molar-refractivity contribution is 5.99. The van der Waals surface area contributed by atoms with Crippen LogP contribution in [0.2, 0.25) is 0 Å². The third-order valence-electron chi connectivity index (χ3n) is 3.34. The summed E-state index contributed by atoms with van der Waals surface area (Å²) in [5.41, 5.74) is 1.46. The van der Waals surface area contributed by atoms with Gasteiger partial charge in [-0.2, -0.15) is 0 Å². The molecule has 0 saturated heterocycles. The zero-order valence-corrected chi connectivity index (χ0v) is 12.9. The number of hydrogen-bond donors (Lipinski definition) is 2.